The number of carbonyl (C=O) groups excluding carboxylic acids is 2. The van der Waals surface area contributed by atoms with Gasteiger partial charge < -0.3 is 19.4 Å². The van der Waals surface area contributed by atoms with Crippen LogP contribution in [0, 0.1) is 11.6 Å². The van der Waals surface area contributed by atoms with E-state index in [0.29, 0.717) is 50.5 Å². The summed E-state index contributed by atoms with van der Waals surface area (Å²) >= 11 is 0. The van der Waals surface area contributed by atoms with Gasteiger partial charge in [-0.15, -0.1) is 0 Å². The summed E-state index contributed by atoms with van der Waals surface area (Å²) in [7, 11) is 3.83. The number of amides is 2. The zero-order valence-electron chi connectivity index (χ0n) is 17.8. The van der Waals surface area contributed by atoms with Gasteiger partial charge in [0.2, 0.25) is 0 Å². The first-order valence-electron chi connectivity index (χ1n) is 10.2. The molecule has 1 atom stereocenters. The standard InChI is InChI=1S/C23H27F2N3O3/c1-26(2)11-12-27(22(29)17-3-7-19(24)8-4-17)15-21-16-28(13-14-31-21)23(30)18-5-9-20(25)10-6-18/h3-10,21H,11-16H2,1-2H3/t21-/m0/s1. The van der Waals surface area contributed by atoms with Crippen molar-refractivity contribution in [1.29, 1.82) is 0 Å². The molecule has 1 fully saturated rings. The number of nitrogens with zero attached hydrogens (tertiary/aromatic N) is 3. The fourth-order valence-corrected chi connectivity index (χ4v) is 3.41. The Morgan fingerprint density at radius 3 is 2.13 bits per heavy atom. The summed E-state index contributed by atoms with van der Waals surface area (Å²) < 4.78 is 32.2. The zero-order chi connectivity index (χ0) is 22.4. The van der Waals surface area contributed by atoms with E-state index >= 15 is 0 Å². The summed E-state index contributed by atoms with van der Waals surface area (Å²) in [6.45, 7) is 2.52. The lowest BCUT2D eigenvalue weighted by Crippen LogP contribution is -2.51. The van der Waals surface area contributed by atoms with Gasteiger partial charge in [0.25, 0.3) is 11.8 Å². The second-order valence-corrected chi connectivity index (χ2v) is 7.81. The zero-order valence-corrected chi connectivity index (χ0v) is 17.8. The van der Waals surface area contributed by atoms with Crippen molar-refractivity contribution in [3.8, 4) is 0 Å². The molecule has 0 aliphatic carbocycles. The second-order valence-electron chi connectivity index (χ2n) is 7.81. The first kappa shape index (κ1) is 22.8. The Kier molecular flexibility index (Phi) is 7.70. The van der Waals surface area contributed by atoms with E-state index in [4.69, 9.17) is 4.74 Å². The van der Waals surface area contributed by atoms with Crippen LogP contribution in [0.3, 0.4) is 0 Å². The van der Waals surface area contributed by atoms with Gasteiger partial charge in [-0.3, -0.25) is 9.59 Å². The average Bonchev–Trinajstić information content (AvgIpc) is 2.77. The number of morpholine rings is 1. The van der Waals surface area contributed by atoms with Crippen LogP contribution in [0.25, 0.3) is 0 Å². The third kappa shape index (κ3) is 6.32. The van der Waals surface area contributed by atoms with E-state index in [2.05, 4.69) is 0 Å². The monoisotopic (exact) mass is 431 g/mol. The summed E-state index contributed by atoms with van der Waals surface area (Å²) in [6.07, 6.45) is -0.357. The highest BCUT2D eigenvalue weighted by atomic mass is 19.1. The van der Waals surface area contributed by atoms with E-state index in [-0.39, 0.29) is 17.9 Å². The Bertz CT molecular complexity index is 888. The van der Waals surface area contributed by atoms with E-state index in [0.717, 1.165) is 0 Å². The molecule has 0 saturated carbocycles. The molecule has 2 aromatic rings. The van der Waals surface area contributed by atoms with Crippen molar-refractivity contribution in [3.63, 3.8) is 0 Å². The molecule has 1 heterocycles. The van der Waals surface area contributed by atoms with Crippen LogP contribution < -0.4 is 0 Å². The fraction of sp³-hybridized carbons (Fsp3) is 0.391. The van der Waals surface area contributed by atoms with Gasteiger partial charge in [0, 0.05) is 43.9 Å². The number of ether oxygens (including phenoxy) is 1. The lowest BCUT2D eigenvalue weighted by molar-refractivity contribution is -0.0334. The largest absolute Gasteiger partial charge is 0.373 e. The van der Waals surface area contributed by atoms with Gasteiger partial charge in [-0.1, -0.05) is 0 Å². The number of benzene rings is 2. The third-order valence-corrected chi connectivity index (χ3v) is 5.14. The van der Waals surface area contributed by atoms with Crippen LogP contribution in [-0.2, 0) is 4.74 Å². The molecule has 0 bridgehead atoms. The van der Waals surface area contributed by atoms with Crippen LogP contribution in [0.4, 0.5) is 8.78 Å². The molecule has 6 nitrogen and oxygen atoms in total. The quantitative estimate of drug-likeness (QED) is 0.676. The van der Waals surface area contributed by atoms with Crippen molar-refractivity contribution in [1.82, 2.24) is 14.7 Å². The summed E-state index contributed by atoms with van der Waals surface area (Å²) in [4.78, 5) is 31.1. The SMILES string of the molecule is CN(C)CCN(C[C@H]1CN(C(=O)c2ccc(F)cc2)CCO1)C(=O)c1ccc(F)cc1. The maximum Gasteiger partial charge on any atom is 0.254 e. The van der Waals surface area contributed by atoms with Crippen molar-refractivity contribution in [2.45, 2.75) is 6.10 Å². The molecule has 2 aromatic carbocycles. The molecule has 0 N–H and O–H groups in total. The van der Waals surface area contributed by atoms with E-state index in [1.54, 1.807) is 9.80 Å². The molecule has 31 heavy (non-hydrogen) atoms. The predicted octanol–water partition coefficient (Wildman–Crippen LogP) is 2.51. The summed E-state index contributed by atoms with van der Waals surface area (Å²) in [6, 6.07) is 10.9. The van der Waals surface area contributed by atoms with Gasteiger partial charge in [0.05, 0.1) is 12.7 Å². The normalized spacial score (nSPS) is 16.4. The van der Waals surface area contributed by atoms with Crippen molar-refractivity contribution in [3.05, 3.63) is 71.3 Å². The topological polar surface area (TPSA) is 53.1 Å². The van der Waals surface area contributed by atoms with Crippen molar-refractivity contribution >= 4 is 11.8 Å². The molecule has 8 heteroatoms. The molecule has 1 saturated heterocycles. The average molecular weight is 431 g/mol. The van der Waals surface area contributed by atoms with Crippen LogP contribution in [0.1, 0.15) is 20.7 Å². The van der Waals surface area contributed by atoms with E-state index in [1.807, 2.05) is 19.0 Å². The molecule has 1 aliphatic heterocycles. The van der Waals surface area contributed by atoms with E-state index < -0.39 is 11.6 Å². The molecule has 2 amide bonds. The van der Waals surface area contributed by atoms with Crippen LogP contribution >= 0.6 is 0 Å². The molecule has 0 aromatic heterocycles. The highest BCUT2D eigenvalue weighted by Crippen LogP contribution is 2.14. The highest BCUT2D eigenvalue weighted by molar-refractivity contribution is 5.95. The van der Waals surface area contributed by atoms with Gasteiger partial charge in [0.1, 0.15) is 11.6 Å². The summed E-state index contributed by atoms with van der Waals surface area (Å²) in [5, 5.41) is 0. The molecule has 0 unspecified atom stereocenters. The van der Waals surface area contributed by atoms with Crippen molar-refractivity contribution in [2.75, 3.05) is 53.4 Å². The predicted molar refractivity (Wildman–Crippen MR) is 113 cm³/mol. The first-order chi connectivity index (χ1) is 14.8. The molecule has 0 radical (unpaired) electrons. The van der Waals surface area contributed by atoms with Crippen LogP contribution in [0.5, 0.6) is 0 Å². The molecular weight excluding hydrogens is 404 g/mol. The minimum atomic E-state index is -0.401. The number of carbonyl (C=O) groups is 2. The second kappa shape index (κ2) is 10.5. The fourth-order valence-electron chi connectivity index (χ4n) is 3.41. The third-order valence-electron chi connectivity index (χ3n) is 5.14. The lowest BCUT2D eigenvalue weighted by atomic mass is 10.1. The molecular formula is C23H27F2N3O3. The van der Waals surface area contributed by atoms with Gasteiger partial charge in [-0.05, 0) is 62.6 Å². The minimum Gasteiger partial charge on any atom is -0.373 e. The Labute approximate surface area is 181 Å². The number of hydrogen-bond acceptors (Lipinski definition) is 4. The molecule has 166 valence electrons. The summed E-state index contributed by atoms with van der Waals surface area (Å²) in [5.74, 6) is -1.21. The van der Waals surface area contributed by atoms with Gasteiger partial charge in [-0.2, -0.15) is 0 Å². The minimum absolute atomic E-state index is 0.196. The van der Waals surface area contributed by atoms with Crippen LogP contribution in [0.2, 0.25) is 0 Å². The van der Waals surface area contributed by atoms with Crippen LogP contribution in [-0.4, -0.2) is 86.0 Å². The molecule has 3 rings (SSSR count). The van der Waals surface area contributed by atoms with Crippen molar-refractivity contribution < 1.29 is 23.1 Å². The Morgan fingerprint density at radius 1 is 0.968 bits per heavy atom. The molecule has 0 spiro atoms. The Morgan fingerprint density at radius 2 is 1.55 bits per heavy atom. The molecule has 1 aliphatic rings. The maximum absolute atomic E-state index is 13.2. The Hall–Kier alpha value is -2.84. The maximum atomic E-state index is 13.2. The lowest BCUT2D eigenvalue weighted by Gasteiger charge is -2.36. The highest BCUT2D eigenvalue weighted by Gasteiger charge is 2.28. The number of halogens is 2. The number of hydrogen-bond donors (Lipinski definition) is 0. The Balaban J connectivity index is 1.69. The van der Waals surface area contributed by atoms with Gasteiger partial charge in [-0.25, -0.2) is 8.78 Å². The smallest absolute Gasteiger partial charge is 0.254 e. The van der Waals surface area contributed by atoms with E-state index in [1.165, 1.54) is 48.5 Å². The van der Waals surface area contributed by atoms with E-state index in [9.17, 15) is 18.4 Å². The summed E-state index contributed by atoms with van der Waals surface area (Å²) in [5.41, 5.74) is 0.809. The van der Waals surface area contributed by atoms with Crippen LogP contribution in [0.15, 0.2) is 48.5 Å². The first-order valence-corrected chi connectivity index (χ1v) is 10.2. The van der Waals surface area contributed by atoms with Crippen molar-refractivity contribution in [2.24, 2.45) is 0 Å². The van der Waals surface area contributed by atoms with Gasteiger partial charge in [0.15, 0.2) is 0 Å². The number of likely N-dealkylation sites (N-methyl/N-ethyl adjacent to an activating group) is 1. The van der Waals surface area contributed by atoms with Gasteiger partial charge >= 0.3 is 0 Å². The number of rotatable bonds is 7.